The van der Waals surface area contributed by atoms with E-state index in [4.69, 9.17) is 122 Å². The second kappa shape index (κ2) is 70.4. The van der Waals surface area contributed by atoms with Crippen molar-refractivity contribution in [2.45, 2.75) is 478 Å². The monoisotopic (exact) mass is 2220 g/mol. The van der Waals surface area contributed by atoms with Crippen LogP contribution < -0.4 is 5.32 Å². The minimum atomic E-state index is -2.86. The first-order valence-electron chi connectivity index (χ1n) is 57.7. The second-order valence-electron chi connectivity index (χ2n) is 42.5. The van der Waals surface area contributed by atoms with E-state index < -0.39 is 46.0 Å². The molecule has 2 aromatic rings. The number of carbonyl (C=O) groups is 3. The number of ketones is 1. The van der Waals surface area contributed by atoms with Crippen LogP contribution in [0.1, 0.15) is 406 Å². The summed E-state index contributed by atoms with van der Waals surface area (Å²) in [4.78, 5) is 40.3. The summed E-state index contributed by atoms with van der Waals surface area (Å²) in [5.74, 6) is 1.26. The standard InChI is InChI=1S/C14H25NO4.C14H22O.C13H25NO.C12H19NO2.C12H20O3.C11H20O4S.C11H20O3.C10H18O2.C8H19O3PS.C7H14O2.C3H9O2PS/c1-4-13(5-2)11-18-14(19-13)7-9-15(10-8-14)12(16)17-6-3;1-4-13(5-2)10-15-11-14-8-6-12(3)7-9-14;1-3-12(4-2)13(15)14-10-11-8-6-5-7-9-11;1-3-12(14,4-2)10-15-9-11-5-7-13-8-6-11;1-3-11(4-2)9-14-12(15-11)7-5-10(13)6-8-12;1-3-10(4-2)9-14-11(15-10)5-7-16(12,13)8-6-11;1-3-10(4-2)9-13-11(14-10)5-7-12-8-6-11;1-3-9(4-2)8-11-10(12-9)6-5-7-10;1-5-8(6-2)7-11-12(13,9-3)10-4;1-3-7(4-2)5-8-6-9-7;1-4-6(3,7)5-2/h4-11H2,1-3H3;6-9,13H,4-5,10-11H2,1-3H3;11-12H,3-10H2,1-2H3,(H,14,15);5-8,14H,3-4,9-10H2,1-2H3;3-9H2,1-2H3;3-9H2,1-2H3;3-9H2,1-2H3;3-8H2,1-2H3;8H,5-7H2,1-4H3;3-6H2,1-2H3;1-3H3. The van der Waals surface area contributed by atoms with E-state index in [0.29, 0.717) is 104 Å². The van der Waals surface area contributed by atoms with Crippen LogP contribution in [-0.2, 0) is 155 Å². The number of Topliss-reactive ketones (excluding diaryl/α,β-unsaturated/α-hetero) is 1. The number of pyridine rings is 1. The van der Waals surface area contributed by atoms with E-state index in [-0.39, 0.29) is 74.6 Å². The molecule has 876 valence electrons. The number of hydrogen-bond donors (Lipinski definition) is 2. The van der Waals surface area contributed by atoms with Crippen molar-refractivity contribution in [1.29, 1.82) is 0 Å². The average molecular weight is 2230 g/mol. The van der Waals surface area contributed by atoms with E-state index in [1.165, 1.54) is 76.7 Å². The van der Waals surface area contributed by atoms with Gasteiger partial charge in [-0.25, -0.2) is 13.2 Å². The van der Waals surface area contributed by atoms with Gasteiger partial charge in [0.25, 0.3) is 0 Å². The zero-order chi connectivity index (χ0) is 112. The van der Waals surface area contributed by atoms with Crippen molar-refractivity contribution in [1.82, 2.24) is 15.2 Å². The van der Waals surface area contributed by atoms with Gasteiger partial charge in [0, 0.05) is 157 Å². The molecule has 9 aliphatic heterocycles. The molecule has 150 heavy (non-hydrogen) atoms. The van der Waals surface area contributed by atoms with Gasteiger partial charge in [0.1, 0.15) is 12.6 Å². The van der Waals surface area contributed by atoms with Gasteiger partial charge in [-0.15, -0.1) is 0 Å². The summed E-state index contributed by atoms with van der Waals surface area (Å²) in [6, 6.07) is 12.4. The number of likely N-dealkylation sites (tertiary alicyclic amines) is 1. The van der Waals surface area contributed by atoms with Gasteiger partial charge in [-0.2, -0.15) is 0 Å². The van der Waals surface area contributed by atoms with Gasteiger partial charge in [0.15, 0.2) is 45.3 Å². The molecule has 0 radical (unpaired) electrons. The number of carbonyl (C=O) groups excluding carboxylic acids is 3. The lowest BCUT2D eigenvalue weighted by Gasteiger charge is -2.38. The quantitative estimate of drug-likeness (QED) is 0.0587. The summed E-state index contributed by atoms with van der Waals surface area (Å²) < 4.78 is 140. The van der Waals surface area contributed by atoms with E-state index in [1.54, 1.807) is 38.2 Å². The maximum absolute atomic E-state index is 11.7. The number of aryl methyl sites for hydroxylation is 1. The summed E-state index contributed by atoms with van der Waals surface area (Å²) in [7, 11) is 3.31. The molecule has 5 spiro atoms. The molecule has 12 fully saturated rings. The van der Waals surface area contributed by atoms with Crippen LogP contribution in [0.3, 0.4) is 0 Å². The van der Waals surface area contributed by atoms with Crippen molar-refractivity contribution in [3.8, 4) is 0 Å². The summed E-state index contributed by atoms with van der Waals surface area (Å²) in [5.41, 5.74) is 2.63. The minimum Gasteiger partial charge on any atom is -0.450 e. The van der Waals surface area contributed by atoms with Crippen LogP contribution in [0, 0.1) is 30.6 Å². The lowest BCUT2D eigenvalue weighted by atomic mass is 9.89. The lowest BCUT2D eigenvalue weighted by molar-refractivity contribution is -0.232. The fourth-order valence-electron chi connectivity index (χ4n) is 19.3. The molecule has 14 rings (SSSR count). The number of aromatic nitrogens is 1. The summed E-state index contributed by atoms with van der Waals surface area (Å²) in [6.45, 7) is 56.1. The SMILES string of the molecule is CCC(CC)C(=O)NCC1CCCCC1.CCC(CC)COCc1ccc(C)cc1.CCC(CC)COP(=S)(OC)OC.CCC(O)(CC)COCc1ccncc1.CCC1(CC)COC2(CCC(=O)CC2)O1.CCC1(CC)COC2(CCC2)O1.CCC1(CC)COC2(CCOCC2)O1.CCC1(CC)COC2(CCS(=O)(=O)CC2)O1.CCC1(CC)COCO1.CCOC(=O)N1CCC2(CC1)OCC(CC)(CC)O2.COP(C)(=S)OC. The van der Waals surface area contributed by atoms with Crippen molar-refractivity contribution < 1.29 is 126 Å². The molecule has 1 aromatic heterocycles. The van der Waals surface area contributed by atoms with Crippen LogP contribution in [0.2, 0.25) is 0 Å². The average Bonchev–Trinajstić information content (AvgIpc) is 1.62. The van der Waals surface area contributed by atoms with Gasteiger partial charge in [-0.1, -0.05) is 213 Å². The second-order valence-corrected chi connectivity index (χ2v) is 52.2. The Balaban J connectivity index is 0.000000346. The Morgan fingerprint density at radius 2 is 0.873 bits per heavy atom. The van der Waals surface area contributed by atoms with Gasteiger partial charge >= 0.3 is 12.8 Å². The highest BCUT2D eigenvalue weighted by Crippen LogP contribution is 2.51. The highest BCUT2D eigenvalue weighted by molar-refractivity contribution is 8.09. The number of piperidine rings is 1. The Bertz CT molecular complexity index is 4090. The molecule has 3 saturated carbocycles. The van der Waals surface area contributed by atoms with E-state index in [9.17, 15) is 27.9 Å². The number of amides is 2. The number of nitrogens with one attached hydrogen (secondary N) is 1. The molecule has 10 heterocycles. The van der Waals surface area contributed by atoms with E-state index >= 15 is 0 Å². The molecule has 1 aromatic carbocycles. The number of nitrogens with zero attached hydrogens (tertiary/aromatic N) is 2. The minimum absolute atomic E-state index is 0.0304. The number of benzene rings is 1. The third-order valence-electron chi connectivity index (χ3n) is 33.1. The summed E-state index contributed by atoms with van der Waals surface area (Å²) in [5, 5.41) is 13.1. The molecule has 2 N–H and O–H groups in total. The van der Waals surface area contributed by atoms with Crippen LogP contribution in [0.4, 0.5) is 4.79 Å². The lowest BCUT2D eigenvalue weighted by Crippen LogP contribution is -2.48. The van der Waals surface area contributed by atoms with Crippen molar-refractivity contribution in [2.75, 3.05) is 152 Å². The topological polar surface area (TPSA) is 328 Å². The van der Waals surface area contributed by atoms with Crippen LogP contribution in [0.15, 0.2) is 48.8 Å². The Morgan fingerprint density at radius 1 is 0.480 bits per heavy atom. The van der Waals surface area contributed by atoms with Gasteiger partial charge in [0.2, 0.25) is 5.91 Å². The highest BCUT2D eigenvalue weighted by atomic mass is 32.5. The molecular weight excluding hydrogens is 2010 g/mol. The first kappa shape index (κ1) is 139. The van der Waals surface area contributed by atoms with Gasteiger partial charge in [-0.05, 0) is 200 Å². The van der Waals surface area contributed by atoms with Crippen molar-refractivity contribution >= 4 is 64.4 Å². The van der Waals surface area contributed by atoms with E-state index in [0.717, 1.165) is 237 Å². The molecular formula is C115H211N3O27P2S3. The number of aliphatic hydroxyl groups is 1. The number of ether oxygens (including phenoxy) is 16. The van der Waals surface area contributed by atoms with Gasteiger partial charge in [0.05, 0.1) is 137 Å². The van der Waals surface area contributed by atoms with Crippen LogP contribution in [0.5, 0.6) is 0 Å². The molecule has 3 aliphatic carbocycles. The van der Waals surface area contributed by atoms with E-state index in [1.807, 2.05) is 32.9 Å². The zero-order valence-electron chi connectivity index (χ0n) is 98.5. The Hall–Kier alpha value is -2.81. The fourth-order valence-corrected chi connectivity index (χ4v) is 21.8. The molecule has 30 nitrogen and oxygen atoms in total. The molecule has 0 atom stereocenters. The normalized spacial score (nSPS) is 21.6. The first-order chi connectivity index (χ1) is 71.5. The molecule has 12 aliphatic rings. The molecule has 0 bridgehead atoms. The third kappa shape index (κ3) is 46.7. The maximum Gasteiger partial charge on any atom is 0.409 e. The largest absolute Gasteiger partial charge is 0.450 e. The van der Waals surface area contributed by atoms with Crippen molar-refractivity contribution in [3.63, 3.8) is 0 Å². The van der Waals surface area contributed by atoms with Crippen LogP contribution in [0.25, 0.3) is 0 Å². The molecule has 35 heteroatoms. The Kier molecular flexibility index (Phi) is 65.5. The highest BCUT2D eigenvalue weighted by Gasteiger charge is 2.56. The molecule has 0 unspecified atom stereocenters. The van der Waals surface area contributed by atoms with Crippen LogP contribution in [-0.4, -0.2) is 262 Å². The third-order valence-corrected chi connectivity index (χ3v) is 39.6. The maximum atomic E-state index is 11.7. The van der Waals surface area contributed by atoms with Crippen LogP contribution >= 0.6 is 13.2 Å². The first-order valence-corrected chi connectivity index (χ1v) is 65.2. The predicted molar refractivity (Wildman–Crippen MR) is 604 cm³/mol. The number of hydrogen-bond acceptors (Lipinski definition) is 30. The van der Waals surface area contributed by atoms with Crippen molar-refractivity contribution in [3.05, 3.63) is 65.5 Å². The zero-order valence-corrected chi connectivity index (χ0v) is 103. The van der Waals surface area contributed by atoms with Gasteiger partial charge < -0.3 is 114 Å². The van der Waals surface area contributed by atoms with Crippen molar-refractivity contribution in [2.24, 2.45) is 23.7 Å². The number of rotatable bonds is 39. The Morgan fingerprint density at radius 3 is 1.21 bits per heavy atom. The van der Waals surface area contributed by atoms with E-state index in [2.05, 4.69) is 166 Å². The number of sulfone groups is 1. The summed E-state index contributed by atoms with van der Waals surface area (Å²) in [6.07, 6.45) is 40.4. The van der Waals surface area contributed by atoms with Gasteiger partial charge in [-0.3, -0.25) is 14.6 Å². The predicted octanol–water partition coefficient (Wildman–Crippen LogP) is 26.0. The fraction of sp³-hybridized carbons (Fsp3) is 0.878. The summed E-state index contributed by atoms with van der Waals surface area (Å²) >= 11 is 9.88. The molecule has 9 saturated heterocycles. The molecule has 2 amide bonds. The Labute approximate surface area is 919 Å². The smallest absolute Gasteiger partial charge is 0.409 e.